The van der Waals surface area contributed by atoms with Crippen molar-refractivity contribution in [1.29, 1.82) is 0 Å². The third-order valence-electron chi connectivity index (χ3n) is 3.72. The first kappa shape index (κ1) is 15.7. The molecule has 1 N–H and O–H groups in total. The molecule has 0 radical (unpaired) electrons. The standard InChI is InChI=1S/C16H15N5O3/c1-9(22)17-11-6-4-10(5-7-11)8-12-18-13-14(19-12)20(2)16(24)21(3)15(13)23/h4-7H,8H2,1-3H3/p+1. The van der Waals surface area contributed by atoms with Crippen LogP contribution in [0.15, 0.2) is 34.3 Å². The second kappa shape index (κ2) is 5.80. The van der Waals surface area contributed by atoms with Gasteiger partial charge in [0.25, 0.3) is 0 Å². The Morgan fingerprint density at radius 2 is 1.88 bits per heavy atom. The number of fused-ring (bicyclic) bond motifs is 1. The van der Waals surface area contributed by atoms with Crippen molar-refractivity contribution in [3.63, 3.8) is 0 Å². The molecule has 8 heteroatoms. The Balaban J connectivity index is 1.83. The van der Waals surface area contributed by atoms with Gasteiger partial charge in [-0.2, -0.15) is 9.48 Å². The fourth-order valence-electron chi connectivity index (χ4n) is 2.49. The Morgan fingerprint density at radius 3 is 2.50 bits per heavy atom. The van der Waals surface area contributed by atoms with E-state index in [1.807, 2.05) is 12.1 Å². The van der Waals surface area contributed by atoms with Crippen LogP contribution < -0.4 is 5.32 Å². The zero-order valence-corrected chi connectivity index (χ0v) is 13.5. The molecule has 3 rings (SSSR count). The minimum Gasteiger partial charge on any atom is -0.326 e. The summed E-state index contributed by atoms with van der Waals surface area (Å²) in [5.41, 5.74) is 1.82. The molecule has 0 spiro atoms. The zero-order chi connectivity index (χ0) is 17.4. The summed E-state index contributed by atoms with van der Waals surface area (Å²) in [7, 11) is 2.98. The van der Waals surface area contributed by atoms with Crippen molar-refractivity contribution in [3.8, 4) is 0 Å². The van der Waals surface area contributed by atoms with Crippen LogP contribution in [0.2, 0.25) is 0 Å². The number of anilines is 1. The van der Waals surface area contributed by atoms with Gasteiger partial charge in [-0.3, -0.25) is 4.79 Å². The number of hydrogen-bond acceptors (Lipinski definition) is 5. The van der Waals surface area contributed by atoms with E-state index in [1.54, 1.807) is 19.2 Å². The van der Waals surface area contributed by atoms with Crippen LogP contribution in [0, 0.1) is 0 Å². The Kier molecular flexibility index (Phi) is 3.80. The maximum atomic E-state index is 12.1. The van der Waals surface area contributed by atoms with Crippen molar-refractivity contribution in [2.24, 2.45) is 9.98 Å². The number of imide groups is 1. The van der Waals surface area contributed by atoms with Crippen molar-refractivity contribution in [2.45, 2.75) is 13.3 Å². The van der Waals surface area contributed by atoms with E-state index < -0.39 is 11.9 Å². The number of benzene rings is 1. The normalized spacial score (nSPS) is 16.9. The van der Waals surface area contributed by atoms with Gasteiger partial charge in [-0.15, -0.1) is 0 Å². The predicted octanol–water partition coefficient (Wildman–Crippen LogP) is 0.673. The SMILES string of the molecule is CC(=O)Nc1ccc(CC2=NC3=[N+](C)C(=O)N(C)C(=O)C3=N2)cc1. The average Bonchev–Trinajstić information content (AvgIpc) is 2.96. The van der Waals surface area contributed by atoms with E-state index in [4.69, 9.17) is 0 Å². The minimum atomic E-state index is -0.451. The molecule has 0 aliphatic carbocycles. The number of nitrogens with zero attached hydrogens (tertiary/aromatic N) is 4. The summed E-state index contributed by atoms with van der Waals surface area (Å²) in [5, 5.41) is 2.69. The van der Waals surface area contributed by atoms with Gasteiger partial charge in [-0.05, 0) is 17.7 Å². The number of amidine groups is 2. The van der Waals surface area contributed by atoms with Gasteiger partial charge in [0.15, 0.2) is 0 Å². The Hall–Kier alpha value is -3.16. The number of nitrogens with one attached hydrogen (secondary N) is 1. The quantitative estimate of drug-likeness (QED) is 0.827. The van der Waals surface area contributed by atoms with Crippen LogP contribution in [0.1, 0.15) is 12.5 Å². The van der Waals surface area contributed by atoms with Crippen LogP contribution in [0.3, 0.4) is 0 Å². The topological polar surface area (TPSA) is 94.2 Å². The van der Waals surface area contributed by atoms with Gasteiger partial charge in [0.2, 0.25) is 17.5 Å². The van der Waals surface area contributed by atoms with E-state index in [2.05, 4.69) is 15.3 Å². The third-order valence-corrected chi connectivity index (χ3v) is 3.72. The molecule has 0 unspecified atom stereocenters. The largest absolute Gasteiger partial charge is 0.446 e. The number of rotatable bonds is 3. The van der Waals surface area contributed by atoms with Crippen molar-refractivity contribution in [3.05, 3.63) is 29.8 Å². The van der Waals surface area contributed by atoms with Gasteiger partial charge in [-0.25, -0.2) is 14.6 Å². The average molecular weight is 326 g/mol. The number of aliphatic imine (C=N–C) groups is 2. The molecule has 1 aromatic rings. The highest BCUT2D eigenvalue weighted by atomic mass is 16.2. The first-order valence-corrected chi connectivity index (χ1v) is 7.32. The summed E-state index contributed by atoms with van der Waals surface area (Å²) < 4.78 is 1.31. The van der Waals surface area contributed by atoms with Crippen molar-refractivity contribution >= 4 is 40.9 Å². The second-order valence-corrected chi connectivity index (χ2v) is 5.57. The van der Waals surface area contributed by atoms with Crippen molar-refractivity contribution < 1.29 is 19.0 Å². The molecule has 0 bridgehead atoms. The van der Waals surface area contributed by atoms with E-state index in [0.717, 1.165) is 10.5 Å². The molecule has 0 saturated carbocycles. The molecule has 2 heterocycles. The monoisotopic (exact) mass is 326 g/mol. The molecule has 1 aromatic carbocycles. The summed E-state index contributed by atoms with van der Waals surface area (Å²) in [5.74, 6) is 0.168. The molecule has 2 aliphatic heterocycles. The molecule has 0 saturated heterocycles. The van der Waals surface area contributed by atoms with Gasteiger partial charge < -0.3 is 5.32 Å². The highest BCUT2D eigenvalue weighted by molar-refractivity contribution is 6.70. The lowest BCUT2D eigenvalue weighted by molar-refractivity contribution is -0.401. The van der Waals surface area contributed by atoms with Gasteiger partial charge >= 0.3 is 17.8 Å². The molecular formula is C16H16N5O3+. The van der Waals surface area contributed by atoms with Crippen LogP contribution >= 0.6 is 0 Å². The molecule has 0 atom stereocenters. The maximum Gasteiger partial charge on any atom is 0.446 e. The predicted molar refractivity (Wildman–Crippen MR) is 88.7 cm³/mol. The molecule has 0 aromatic heterocycles. The highest BCUT2D eigenvalue weighted by Crippen LogP contribution is 2.15. The maximum absolute atomic E-state index is 12.1. The van der Waals surface area contributed by atoms with Crippen molar-refractivity contribution in [1.82, 2.24) is 4.90 Å². The first-order valence-electron chi connectivity index (χ1n) is 7.32. The lowest BCUT2D eigenvalue weighted by Crippen LogP contribution is -2.51. The molecule has 8 nitrogen and oxygen atoms in total. The van der Waals surface area contributed by atoms with Gasteiger partial charge in [0, 0.05) is 19.0 Å². The summed E-state index contributed by atoms with van der Waals surface area (Å²) in [6, 6.07) is 6.84. The lowest BCUT2D eigenvalue weighted by atomic mass is 10.1. The highest BCUT2D eigenvalue weighted by Gasteiger charge is 2.44. The van der Waals surface area contributed by atoms with E-state index in [0.29, 0.717) is 17.9 Å². The number of amides is 4. The molecular weight excluding hydrogens is 310 g/mol. The molecule has 0 fully saturated rings. The van der Waals surface area contributed by atoms with E-state index >= 15 is 0 Å². The van der Waals surface area contributed by atoms with Crippen LogP contribution in [0.4, 0.5) is 10.5 Å². The van der Waals surface area contributed by atoms with Gasteiger partial charge in [0.05, 0.1) is 14.1 Å². The fraction of sp³-hybridized carbons (Fsp3) is 0.250. The Labute approximate surface area is 138 Å². The number of urea groups is 1. The fourth-order valence-corrected chi connectivity index (χ4v) is 2.49. The van der Waals surface area contributed by atoms with Gasteiger partial charge in [0.1, 0.15) is 0 Å². The molecule has 122 valence electrons. The number of carbonyl (C=O) groups excluding carboxylic acids is 3. The number of carbonyl (C=O) groups is 3. The van der Waals surface area contributed by atoms with E-state index in [-0.39, 0.29) is 17.5 Å². The van der Waals surface area contributed by atoms with Gasteiger partial charge in [-0.1, -0.05) is 17.1 Å². The second-order valence-electron chi connectivity index (χ2n) is 5.57. The Morgan fingerprint density at radius 1 is 1.21 bits per heavy atom. The first-order chi connectivity index (χ1) is 11.4. The van der Waals surface area contributed by atoms with Crippen LogP contribution in [0.5, 0.6) is 0 Å². The summed E-state index contributed by atoms with van der Waals surface area (Å²) in [6.45, 7) is 1.45. The van der Waals surface area contributed by atoms with Crippen LogP contribution in [0.25, 0.3) is 0 Å². The molecule has 2 aliphatic rings. The Bertz CT molecular complexity index is 849. The van der Waals surface area contributed by atoms with Crippen LogP contribution in [-0.4, -0.2) is 58.8 Å². The smallest absolute Gasteiger partial charge is 0.326 e. The summed E-state index contributed by atoms with van der Waals surface area (Å²) in [6.07, 6.45) is 0.423. The number of hydrogen-bond donors (Lipinski definition) is 1. The van der Waals surface area contributed by atoms with Crippen molar-refractivity contribution in [2.75, 3.05) is 19.4 Å². The van der Waals surface area contributed by atoms with E-state index in [9.17, 15) is 14.4 Å². The third kappa shape index (κ3) is 2.73. The van der Waals surface area contributed by atoms with E-state index in [1.165, 1.54) is 18.5 Å². The molecule has 4 amide bonds. The lowest BCUT2D eigenvalue weighted by Gasteiger charge is -2.15. The summed E-state index contributed by atoms with van der Waals surface area (Å²) in [4.78, 5) is 44.7. The minimum absolute atomic E-state index is 0.134. The van der Waals surface area contributed by atoms with Crippen LogP contribution in [-0.2, 0) is 16.0 Å². The summed E-state index contributed by atoms with van der Waals surface area (Å²) >= 11 is 0. The zero-order valence-electron chi connectivity index (χ0n) is 13.5. The molecule has 24 heavy (non-hydrogen) atoms.